The van der Waals surface area contributed by atoms with Gasteiger partial charge in [-0.3, -0.25) is 19.4 Å². The van der Waals surface area contributed by atoms with Crippen molar-refractivity contribution < 1.29 is 23.8 Å². The molecule has 150 valence electrons. The molecule has 3 aliphatic heterocycles. The summed E-state index contributed by atoms with van der Waals surface area (Å²) in [5.74, 6) is 1.48. The van der Waals surface area contributed by atoms with Crippen LogP contribution in [0.15, 0.2) is 42.5 Å². The molecule has 3 heterocycles. The summed E-state index contributed by atoms with van der Waals surface area (Å²) in [5.41, 5.74) is 1.98. The molecule has 0 bridgehead atoms. The number of amides is 2. The molecular weight excluding hydrogens is 372 g/mol. The second-order valence-electron chi connectivity index (χ2n) is 7.71. The molecule has 0 unspecified atom stereocenters. The summed E-state index contributed by atoms with van der Waals surface area (Å²) in [6.07, 6.45) is 0. The second-order valence-corrected chi connectivity index (χ2v) is 7.71. The monoisotopic (exact) mass is 394 g/mol. The number of hydrogen-bond acceptors (Lipinski definition) is 6. The maximum absolute atomic E-state index is 12.9. The van der Waals surface area contributed by atoms with Crippen LogP contribution in [0, 0.1) is 11.8 Å². The van der Waals surface area contributed by atoms with Crippen molar-refractivity contribution in [1.82, 2.24) is 9.80 Å². The molecule has 2 fully saturated rings. The van der Waals surface area contributed by atoms with E-state index in [1.54, 1.807) is 7.11 Å². The van der Waals surface area contributed by atoms with Crippen LogP contribution < -0.4 is 14.2 Å². The minimum atomic E-state index is -0.262. The fraction of sp³-hybridized carbons (Fsp3) is 0.364. The van der Waals surface area contributed by atoms with E-state index in [4.69, 9.17) is 14.2 Å². The van der Waals surface area contributed by atoms with E-state index >= 15 is 0 Å². The van der Waals surface area contributed by atoms with Crippen LogP contribution in [-0.4, -0.2) is 48.6 Å². The van der Waals surface area contributed by atoms with E-state index in [0.29, 0.717) is 31.1 Å². The van der Waals surface area contributed by atoms with Crippen molar-refractivity contribution in [3.63, 3.8) is 0 Å². The van der Waals surface area contributed by atoms with Crippen LogP contribution in [0.25, 0.3) is 0 Å². The third-order valence-electron chi connectivity index (χ3n) is 5.88. The molecule has 5 rings (SSSR count). The smallest absolute Gasteiger partial charge is 0.234 e. The van der Waals surface area contributed by atoms with E-state index in [1.165, 1.54) is 4.90 Å². The maximum atomic E-state index is 12.9. The molecule has 2 saturated heterocycles. The van der Waals surface area contributed by atoms with E-state index in [2.05, 4.69) is 4.90 Å². The van der Waals surface area contributed by atoms with Crippen molar-refractivity contribution in [3.05, 3.63) is 53.6 Å². The Kier molecular flexibility index (Phi) is 4.39. The molecule has 2 aromatic rings. The topological polar surface area (TPSA) is 68.3 Å². The molecule has 0 aromatic heterocycles. The van der Waals surface area contributed by atoms with Crippen LogP contribution in [0.5, 0.6) is 17.2 Å². The minimum Gasteiger partial charge on any atom is -0.497 e. The Bertz CT molecular complexity index is 951. The predicted octanol–water partition coefficient (Wildman–Crippen LogP) is 2.04. The average Bonchev–Trinajstić information content (AvgIpc) is 3.42. The summed E-state index contributed by atoms with van der Waals surface area (Å²) in [6, 6.07) is 13.4. The molecule has 7 nitrogen and oxygen atoms in total. The fourth-order valence-corrected chi connectivity index (χ4v) is 4.43. The molecule has 3 aliphatic rings. The summed E-state index contributed by atoms with van der Waals surface area (Å²) in [6.45, 7) is 2.38. The highest BCUT2D eigenvalue weighted by Gasteiger charge is 2.52. The van der Waals surface area contributed by atoms with Gasteiger partial charge in [0.1, 0.15) is 5.75 Å². The summed E-state index contributed by atoms with van der Waals surface area (Å²) in [5, 5.41) is 0. The number of ether oxygens (including phenoxy) is 3. The summed E-state index contributed by atoms with van der Waals surface area (Å²) in [7, 11) is 1.64. The molecule has 0 saturated carbocycles. The van der Waals surface area contributed by atoms with Gasteiger partial charge in [0, 0.05) is 19.6 Å². The first-order chi connectivity index (χ1) is 14.1. The van der Waals surface area contributed by atoms with Crippen molar-refractivity contribution in [2.45, 2.75) is 13.1 Å². The lowest BCUT2D eigenvalue weighted by molar-refractivity contribution is -0.141. The summed E-state index contributed by atoms with van der Waals surface area (Å²) >= 11 is 0. The van der Waals surface area contributed by atoms with Crippen LogP contribution >= 0.6 is 0 Å². The van der Waals surface area contributed by atoms with Crippen molar-refractivity contribution in [2.75, 3.05) is 27.0 Å². The summed E-state index contributed by atoms with van der Waals surface area (Å²) < 4.78 is 16.0. The highest BCUT2D eigenvalue weighted by atomic mass is 16.7. The predicted molar refractivity (Wildman–Crippen MR) is 103 cm³/mol. The van der Waals surface area contributed by atoms with E-state index in [1.807, 2.05) is 42.5 Å². The Balaban J connectivity index is 1.26. The van der Waals surface area contributed by atoms with Crippen molar-refractivity contribution >= 4 is 11.8 Å². The van der Waals surface area contributed by atoms with Crippen LogP contribution in [0.3, 0.4) is 0 Å². The van der Waals surface area contributed by atoms with Gasteiger partial charge < -0.3 is 14.2 Å². The summed E-state index contributed by atoms with van der Waals surface area (Å²) in [4.78, 5) is 29.4. The first-order valence-corrected chi connectivity index (χ1v) is 9.71. The normalized spacial score (nSPS) is 23.0. The number of methoxy groups -OCH3 is 1. The van der Waals surface area contributed by atoms with Crippen LogP contribution in [-0.2, 0) is 22.7 Å². The Hall–Kier alpha value is -3.06. The number of likely N-dealkylation sites (tertiary alicyclic amines) is 2. The van der Waals surface area contributed by atoms with Crippen molar-refractivity contribution in [2.24, 2.45) is 11.8 Å². The standard InChI is InChI=1S/C22H22N2O5/c1-27-16-4-2-3-14(7-16)9-23-11-17-18(12-23)22(26)24(21(17)25)10-15-5-6-19-20(8-15)29-13-28-19/h2-8,17-18H,9-13H2,1H3/t17-,18+. The van der Waals surface area contributed by atoms with Gasteiger partial charge in [-0.25, -0.2) is 0 Å². The molecule has 29 heavy (non-hydrogen) atoms. The van der Waals surface area contributed by atoms with Gasteiger partial charge >= 0.3 is 0 Å². The third-order valence-corrected chi connectivity index (χ3v) is 5.88. The number of fused-ring (bicyclic) bond motifs is 2. The zero-order valence-corrected chi connectivity index (χ0v) is 16.2. The number of rotatable bonds is 5. The average molecular weight is 394 g/mol. The van der Waals surface area contributed by atoms with Gasteiger partial charge in [0.2, 0.25) is 18.6 Å². The molecule has 7 heteroatoms. The van der Waals surface area contributed by atoms with Gasteiger partial charge in [0.05, 0.1) is 25.5 Å². The quantitative estimate of drug-likeness (QED) is 0.723. The van der Waals surface area contributed by atoms with Crippen molar-refractivity contribution in [1.29, 1.82) is 0 Å². The lowest BCUT2D eigenvalue weighted by Gasteiger charge is -2.21. The van der Waals surface area contributed by atoms with Crippen LogP contribution in [0.2, 0.25) is 0 Å². The molecule has 2 amide bonds. The van der Waals surface area contributed by atoms with E-state index < -0.39 is 0 Å². The first-order valence-electron chi connectivity index (χ1n) is 9.71. The highest BCUT2D eigenvalue weighted by Crippen LogP contribution is 2.37. The third kappa shape index (κ3) is 3.21. The lowest BCUT2D eigenvalue weighted by Crippen LogP contribution is -2.35. The molecule has 2 atom stereocenters. The molecule has 2 aromatic carbocycles. The van der Waals surface area contributed by atoms with Gasteiger partial charge in [-0.15, -0.1) is 0 Å². The number of hydrogen-bond donors (Lipinski definition) is 0. The molecule has 0 radical (unpaired) electrons. The van der Waals surface area contributed by atoms with Crippen LogP contribution in [0.4, 0.5) is 0 Å². The zero-order valence-electron chi connectivity index (χ0n) is 16.2. The molecule has 0 N–H and O–H groups in total. The minimum absolute atomic E-state index is 0.0780. The first kappa shape index (κ1) is 18.0. The van der Waals surface area contributed by atoms with Gasteiger partial charge in [-0.05, 0) is 35.4 Å². The molecule has 0 aliphatic carbocycles. The van der Waals surface area contributed by atoms with Gasteiger partial charge in [0.25, 0.3) is 0 Å². The SMILES string of the molecule is COc1cccc(CN2C[C@@H]3C(=O)N(Cc4ccc5c(c4)OCO5)C(=O)[C@@H]3C2)c1. The molecule has 0 spiro atoms. The van der Waals surface area contributed by atoms with Gasteiger partial charge in [0.15, 0.2) is 11.5 Å². The largest absolute Gasteiger partial charge is 0.497 e. The van der Waals surface area contributed by atoms with Crippen LogP contribution in [0.1, 0.15) is 11.1 Å². The van der Waals surface area contributed by atoms with E-state index in [-0.39, 0.29) is 37.0 Å². The number of benzene rings is 2. The Morgan fingerprint density at radius 2 is 1.66 bits per heavy atom. The Morgan fingerprint density at radius 1 is 0.931 bits per heavy atom. The number of imide groups is 1. The van der Waals surface area contributed by atoms with Gasteiger partial charge in [-0.2, -0.15) is 0 Å². The number of carbonyl (C=O) groups excluding carboxylic acids is 2. The maximum Gasteiger partial charge on any atom is 0.234 e. The van der Waals surface area contributed by atoms with E-state index in [9.17, 15) is 9.59 Å². The molecular formula is C22H22N2O5. The van der Waals surface area contributed by atoms with E-state index in [0.717, 1.165) is 16.9 Å². The second kappa shape index (κ2) is 7.08. The fourth-order valence-electron chi connectivity index (χ4n) is 4.43. The number of carbonyl (C=O) groups is 2. The zero-order chi connectivity index (χ0) is 20.0. The Labute approximate surface area is 168 Å². The number of nitrogens with zero attached hydrogens (tertiary/aromatic N) is 2. The Morgan fingerprint density at radius 3 is 2.41 bits per heavy atom. The lowest BCUT2D eigenvalue weighted by atomic mass is 10.00. The van der Waals surface area contributed by atoms with Crippen molar-refractivity contribution in [3.8, 4) is 17.2 Å². The highest BCUT2D eigenvalue weighted by molar-refractivity contribution is 6.05. The van der Waals surface area contributed by atoms with Gasteiger partial charge in [-0.1, -0.05) is 18.2 Å².